The quantitative estimate of drug-likeness (QED) is 0.803. The Morgan fingerprint density at radius 1 is 1.60 bits per heavy atom. The summed E-state index contributed by atoms with van der Waals surface area (Å²) >= 11 is 0. The Balaban J connectivity index is 2.80. The molecule has 0 saturated carbocycles. The van der Waals surface area contributed by atoms with Gasteiger partial charge in [0.1, 0.15) is 5.82 Å². The van der Waals surface area contributed by atoms with E-state index in [0.29, 0.717) is 11.3 Å². The Kier molecular flexibility index (Phi) is 4.05. The van der Waals surface area contributed by atoms with Crippen LogP contribution >= 0.6 is 0 Å². The van der Waals surface area contributed by atoms with Gasteiger partial charge in [0.25, 0.3) is 0 Å². The molecular weight excluding hydrogens is 199 g/mol. The van der Waals surface area contributed by atoms with Crippen LogP contribution in [0.25, 0.3) is 0 Å². The molecule has 0 heterocycles. The van der Waals surface area contributed by atoms with Crippen molar-refractivity contribution in [3.8, 4) is 0 Å². The predicted octanol–water partition coefficient (Wildman–Crippen LogP) is 1.85. The Labute approximate surface area is 87.2 Å². The zero-order valence-corrected chi connectivity index (χ0v) is 8.42. The maximum Gasteiger partial charge on any atom is 0.411 e. The molecule has 0 radical (unpaired) electrons. The third-order valence-electron chi connectivity index (χ3n) is 1.80. The number of carbonyl (C=O) groups excluding carboxylic acids is 1. The molecule has 0 unspecified atom stereocenters. The average molecular weight is 212 g/mol. The number of rotatable bonds is 3. The van der Waals surface area contributed by atoms with Crippen molar-refractivity contribution in [1.82, 2.24) is 0 Å². The fourth-order valence-corrected chi connectivity index (χ4v) is 1.13. The molecule has 0 aliphatic carbocycles. The Hall–Kier alpha value is -1.62. The summed E-state index contributed by atoms with van der Waals surface area (Å²) in [6, 6.07) is 3.98. The maximum atomic E-state index is 12.8. The van der Waals surface area contributed by atoms with Gasteiger partial charge >= 0.3 is 6.09 Å². The minimum atomic E-state index is -0.571. The lowest BCUT2D eigenvalue weighted by Gasteiger charge is -2.09. The predicted molar refractivity (Wildman–Crippen MR) is 54.9 cm³/mol. The first-order valence-electron chi connectivity index (χ1n) is 4.59. The normalized spacial score (nSPS) is 9.80. The lowest BCUT2D eigenvalue weighted by atomic mass is 10.2. The maximum absolute atomic E-state index is 12.8. The van der Waals surface area contributed by atoms with Gasteiger partial charge in [-0.2, -0.15) is 0 Å². The Morgan fingerprint density at radius 3 is 2.93 bits per heavy atom. The van der Waals surface area contributed by atoms with E-state index < -0.39 is 6.09 Å². The smallest absolute Gasteiger partial charge is 0.411 e. The molecule has 0 atom stereocenters. The monoisotopic (exact) mass is 212 g/mol. The van der Waals surface area contributed by atoms with Crippen molar-refractivity contribution in [3.63, 3.8) is 0 Å². The summed E-state index contributed by atoms with van der Waals surface area (Å²) in [6.07, 6.45) is -0.571. The molecule has 82 valence electrons. The van der Waals surface area contributed by atoms with Gasteiger partial charge in [-0.3, -0.25) is 5.32 Å². The van der Waals surface area contributed by atoms with Crippen LogP contribution in [0.3, 0.4) is 0 Å². The van der Waals surface area contributed by atoms with Gasteiger partial charge in [0.15, 0.2) is 0 Å². The van der Waals surface area contributed by atoms with Gasteiger partial charge < -0.3 is 10.5 Å². The first-order chi connectivity index (χ1) is 7.17. The number of ether oxygens (including phenoxy) is 1. The minimum Gasteiger partial charge on any atom is -0.450 e. The van der Waals surface area contributed by atoms with Crippen LogP contribution in [0.5, 0.6) is 0 Å². The second-order valence-electron chi connectivity index (χ2n) is 2.85. The van der Waals surface area contributed by atoms with Crippen LogP contribution < -0.4 is 11.1 Å². The van der Waals surface area contributed by atoms with Crippen molar-refractivity contribution in [2.75, 3.05) is 11.9 Å². The molecule has 0 aliphatic rings. The van der Waals surface area contributed by atoms with E-state index in [-0.39, 0.29) is 19.0 Å². The topological polar surface area (TPSA) is 64.3 Å². The molecule has 5 heteroatoms. The summed E-state index contributed by atoms with van der Waals surface area (Å²) in [5, 5.41) is 2.48. The van der Waals surface area contributed by atoms with Crippen molar-refractivity contribution < 1.29 is 13.9 Å². The standard InChI is InChI=1S/C10H13FN2O2/c1-2-15-10(14)13-9-4-3-8(11)5-7(9)6-12/h3-5H,2,6,12H2,1H3,(H,13,14). The summed E-state index contributed by atoms with van der Waals surface area (Å²) in [5.41, 5.74) is 6.41. The molecule has 0 spiro atoms. The van der Waals surface area contributed by atoms with Crippen molar-refractivity contribution in [3.05, 3.63) is 29.6 Å². The zero-order valence-electron chi connectivity index (χ0n) is 8.42. The number of hydrogen-bond donors (Lipinski definition) is 2. The molecule has 0 bridgehead atoms. The van der Waals surface area contributed by atoms with Crippen LogP contribution in [-0.4, -0.2) is 12.7 Å². The van der Waals surface area contributed by atoms with E-state index in [4.69, 9.17) is 10.5 Å². The highest BCUT2D eigenvalue weighted by molar-refractivity contribution is 5.85. The van der Waals surface area contributed by atoms with Gasteiger partial charge in [0, 0.05) is 12.2 Å². The Bertz CT molecular complexity index is 355. The molecule has 1 amide bonds. The van der Waals surface area contributed by atoms with E-state index in [0.717, 1.165) is 0 Å². The first-order valence-corrected chi connectivity index (χ1v) is 4.59. The van der Waals surface area contributed by atoms with Crippen LogP contribution in [-0.2, 0) is 11.3 Å². The Morgan fingerprint density at radius 2 is 2.33 bits per heavy atom. The summed E-state index contributed by atoms with van der Waals surface area (Å²) in [7, 11) is 0. The van der Waals surface area contributed by atoms with Crippen LogP contribution in [0.1, 0.15) is 12.5 Å². The highest BCUT2D eigenvalue weighted by Gasteiger charge is 2.06. The molecular formula is C10H13FN2O2. The molecule has 1 rings (SSSR count). The number of carbonyl (C=O) groups is 1. The molecule has 4 nitrogen and oxygen atoms in total. The number of nitrogens with two attached hydrogens (primary N) is 1. The van der Waals surface area contributed by atoms with Crippen LogP contribution in [0.2, 0.25) is 0 Å². The molecule has 0 saturated heterocycles. The molecule has 0 fully saturated rings. The van der Waals surface area contributed by atoms with Gasteiger partial charge in [-0.25, -0.2) is 9.18 Å². The second-order valence-corrected chi connectivity index (χ2v) is 2.85. The number of anilines is 1. The van der Waals surface area contributed by atoms with E-state index in [9.17, 15) is 9.18 Å². The van der Waals surface area contributed by atoms with E-state index in [1.807, 2.05) is 0 Å². The van der Waals surface area contributed by atoms with E-state index in [2.05, 4.69) is 5.32 Å². The molecule has 0 aliphatic heterocycles. The molecule has 1 aromatic carbocycles. The SMILES string of the molecule is CCOC(=O)Nc1ccc(F)cc1CN. The lowest BCUT2D eigenvalue weighted by molar-refractivity contribution is 0.168. The van der Waals surface area contributed by atoms with Gasteiger partial charge in [0.05, 0.1) is 6.61 Å². The van der Waals surface area contributed by atoms with Crippen molar-refractivity contribution in [1.29, 1.82) is 0 Å². The average Bonchev–Trinajstić information content (AvgIpc) is 2.21. The van der Waals surface area contributed by atoms with Gasteiger partial charge in [0.2, 0.25) is 0 Å². The van der Waals surface area contributed by atoms with Crippen LogP contribution in [0, 0.1) is 5.82 Å². The number of amides is 1. The van der Waals surface area contributed by atoms with Crippen molar-refractivity contribution in [2.24, 2.45) is 5.73 Å². The number of halogens is 1. The van der Waals surface area contributed by atoms with Crippen LogP contribution in [0.15, 0.2) is 18.2 Å². The minimum absolute atomic E-state index is 0.152. The van der Waals surface area contributed by atoms with Gasteiger partial charge in [-0.05, 0) is 30.7 Å². The molecule has 15 heavy (non-hydrogen) atoms. The third-order valence-corrected chi connectivity index (χ3v) is 1.80. The summed E-state index contributed by atoms with van der Waals surface area (Å²) in [5.74, 6) is -0.384. The summed E-state index contributed by atoms with van der Waals surface area (Å²) < 4.78 is 17.5. The summed E-state index contributed by atoms with van der Waals surface area (Å²) in [6.45, 7) is 2.14. The van der Waals surface area contributed by atoms with Gasteiger partial charge in [-0.15, -0.1) is 0 Å². The highest BCUT2D eigenvalue weighted by Crippen LogP contribution is 2.16. The lowest BCUT2D eigenvalue weighted by Crippen LogP contribution is -2.15. The van der Waals surface area contributed by atoms with Gasteiger partial charge in [-0.1, -0.05) is 0 Å². The van der Waals surface area contributed by atoms with E-state index in [1.165, 1.54) is 18.2 Å². The fraction of sp³-hybridized carbons (Fsp3) is 0.300. The van der Waals surface area contributed by atoms with Crippen molar-refractivity contribution in [2.45, 2.75) is 13.5 Å². The first kappa shape index (κ1) is 11.5. The van der Waals surface area contributed by atoms with Crippen LogP contribution in [0.4, 0.5) is 14.9 Å². The number of benzene rings is 1. The largest absolute Gasteiger partial charge is 0.450 e. The summed E-state index contributed by atoms with van der Waals surface area (Å²) in [4.78, 5) is 11.1. The second kappa shape index (κ2) is 5.31. The van der Waals surface area contributed by atoms with E-state index in [1.54, 1.807) is 6.92 Å². The molecule has 1 aromatic rings. The molecule has 3 N–H and O–H groups in total. The number of nitrogens with one attached hydrogen (secondary N) is 1. The highest BCUT2D eigenvalue weighted by atomic mass is 19.1. The third kappa shape index (κ3) is 3.21. The number of hydrogen-bond acceptors (Lipinski definition) is 3. The van der Waals surface area contributed by atoms with E-state index >= 15 is 0 Å². The van der Waals surface area contributed by atoms with Crippen molar-refractivity contribution >= 4 is 11.8 Å². The molecule has 0 aromatic heterocycles. The zero-order chi connectivity index (χ0) is 11.3. The fourth-order valence-electron chi connectivity index (χ4n) is 1.13.